The van der Waals surface area contributed by atoms with Crippen molar-refractivity contribution < 1.29 is 9.53 Å². The maximum atomic E-state index is 11.8. The molecule has 0 unspecified atom stereocenters. The molecule has 0 bridgehead atoms. The van der Waals surface area contributed by atoms with E-state index in [1.165, 1.54) is 0 Å². The van der Waals surface area contributed by atoms with Crippen LogP contribution in [0, 0.1) is 0 Å². The number of benzene rings is 1. The summed E-state index contributed by atoms with van der Waals surface area (Å²) in [6.45, 7) is 1.03. The highest BCUT2D eigenvalue weighted by Crippen LogP contribution is 2.10. The van der Waals surface area contributed by atoms with Crippen molar-refractivity contribution in [2.45, 2.75) is 6.54 Å². The second-order valence-corrected chi connectivity index (χ2v) is 4.97. The molecule has 3 rings (SSSR count). The third-order valence-corrected chi connectivity index (χ3v) is 3.27. The van der Waals surface area contributed by atoms with Crippen LogP contribution in [-0.2, 0) is 11.3 Å². The Labute approximate surface area is 139 Å². The van der Waals surface area contributed by atoms with Crippen molar-refractivity contribution >= 4 is 5.91 Å². The molecular weight excluding hydrogens is 306 g/mol. The van der Waals surface area contributed by atoms with Gasteiger partial charge in [-0.25, -0.2) is 15.0 Å². The van der Waals surface area contributed by atoms with Gasteiger partial charge in [0.15, 0.2) is 18.3 Å². The molecule has 1 N–H and O–H groups in total. The van der Waals surface area contributed by atoms with E-state index in [-0.39, 0.29) is 12.5 Å². The number of rotatable bonds is 7. The van der Waals surface area contributed by atoms with Crippen LogP contribution in [0.3, 0.4) is 0 Å². The van der Waals surface area contributed by atoms with E-state index in [0.717, 1.165) is 0 Å². The minimum atomic E-state index is -0.170. The van der Waals surface area contributed by atoms with E-state index in [0.29, 0.717) is 30.5 Å². The molecule has 7 nitrogen and oxygen atoms in total. The van der Waals surface area contributed by atoms with Crippen molar-refractivity contribution in [3.8, 4) is 17.4 Å². The number of para-hydroxylation sites is 1. The Kier molecular flexibility index (Phi) is 5.14. The Bertz CT molecular complexity index is 774. The molecule has 122 valence electrons. The second kappa shape index (κ2) is 7.87. The SMILES string of the molecule is O=C(COc1ccccc1)NCCn1ccnc1-c1ncccn1. The molecule has 0 radical (unpaired) electrons. The van der Waals surface area contributed by atoms with Gasteiger partial charge in [-0.2, -0.15) is 0 Å². The lowest BCUT2D eigenvalue weighted by molar-refractivity contribution is -0.123. The number of hydrogen-bond donors (Lipinski definition) is 1. The molecule has 0 saturated heterocycles. The van der Waals surface area contributed by atoms with Crippen LogP contribution in [0.25, 0.3) is 11.6 Å². The first-order chi connectivity index (χ1) is 11.8. The number of ether oxygens (including phenoxy) is 1. The van der Waals surface area contributed by atoms with E-state index >= 15 is 0 Å². The van der Waals surface area contributed by atoms with Gasteiger partial charge in [-0.15, -0.1) is 0 Å². The van der Waals surface area contributed by atoms with Crippen molar-refractivity contribution in [2.75, 3.05) is 13.2 Å². The first-order valence-electron chi connectivity index (χ1n) is 7.56. The highest BCUT2D eigenvalue weighted by Gasteiger charge is 2.08. The molecule has 3 aromatic rings. The highest BCUT2D eigenvalue weighted by atomic mass is 16.5. The molecule has 0 aliphatic rings. The summed E-state index contributed by atoms with van der Waals surface area (Å²) in [6.07, 6.45) is 6.86. The van der Waals surface area contributed by atoms with Crippen LogP contribution in [0.4, 0.5) is 0 Å². The third-order valence-electron chi connectivity index (χ3n) is 3.27. The Morgan fingerprint density at radius 2 is 1.83 bits per heavy atom. The minimum absolute atomic E-state index is 0.0113. The number of hydrogen-bond acceptors (Lipinski definition) is 5. The van der Waals surface area contributed by atoms with Gasteiger partial charge in [-0.05, 0) is 18.2 Å². The molecule has 0 aliphatic heterocycles. The smallest absolute Gasteiger partial charge is 0.258 e. The summed E-state index contributed by atoms with van der Waals surface area (Å²) in [6, 6.07) is 11.0. The lowest BCUT2D eigenvalue weighted by Gasteiger charge is -2.09. The van der Waals surface area contributed by atoms with Crippen LogP contribution in [0.5, 0.6) is 5.75 Å². The van der Waals surface area contributed by atoms with Crippen LogP contribution < -0.4 is 10.1 Å². The molecular formula is C17H17N5O2. The zero-order valence-electron chi connectivity index (χ0n) is 13.0. The number of amides is 1. The summed E-state index contributed by atoms with van der Waals surface area (Å²) in [5.41, 5.74) is 0. The summed E-state index contributed by atoms with van der Waals surface area (Å²) in [5.74, 6) is 1.73. The molecule has 24 heavy (non-hydrogen) atoms. The van der Waals surface area contributed by atoms with Gasteiger partial charge in [0.25, 0.3) is 5.91 Å². The number of carbonyl (C=O) groups is 1. The van der Waals surface area contributed by atoms with E-state index in [4.69, 9.17) is 4.74 Å². The van der Waals surface area contributed by atoms with E-state index < -0.39 is 0 Å². The molecule has 1 amide bonds. The fourth-order valence-electron chi connectivity index (χ4n) is 2.14. The van der Waals surface area contributed by atoms with Crippen LogP contribution >= 0.6 is 0 Å². The van der Waals surface area contributed by atoms with Crippen LogP contribution in [-0.4, -0.2) is 38.6 Å². The summed E-state index contributed by atoms with van der Waals surface area (Å²) >= 11 is 0. The molecule has 0 fully saturated rings. The number of carbonyl (C=O) groups excluding carboxylic acids is 1. The third kappa shape index (κ3) is 4.16. The molecule has 0 saturated carbocycles. The summed E-state index contributed by atoms with van der Waals surface area (Å²) in [7, 11) is 0. The average molecular weight is 323 g/mol. The Morgan fingerprint density at radius 1 is 1.04 bits per heavy atom. The largest absolute Gasteiger partial charge is 0.484 e. The normalized spacial score (nSPS) is 10.3. The van der Waals surface area contributed by atoms with Crippen LogP contribution in [0.2, 0.25) is 0 Å². The summed E-state index contributed by atoms with van der Waals surface area (Å²) in [5, 5.41) is 2.82. The minimum Gasteiger partial charge on any atom is -0.484 e. The van der Waals surface area contributed by atoms with Gasteiger partial charge in [-0.3, -0.25) is 4.79 Å². The van der Waals surface area contributed by atoms with Gasteiger partial charge < -0.3 is 14.6 Å². The lowest BCUT2D eigenvalue weighted by Crippen LogP contribution is -2.31. The first kappa shape index (κ1) is 15.7. The van der Waals surface area contributed by atoms with Gasteiger partial charge in [0.05, 0.1) is 0 Å². The van der Waals surface area contributed by atoms with E-state index in [1.54, 1.807) is 24.7 Å². The monoisotopic (exact) mass is 323 g/mol. The molecule has 0 aliphatic carbocycles. The van der Waals surface area contributed by atoms with E-state index in [9.17, 15) is 4.79 Å². The fourth-order valence-corrected chi connectivity index (χ4v) is 2.14. The molecule has 2 heterocycles. The fraction of sp³-hybridized carbons (Fsp3) is 0.176. The zero-order valence-corrected chi connectivity index (χ0v) is 13.0. The standard InChI is InChI=1S/C17H17N5O2/c23-15(13-24-14-5-2-1-3-6-14)18-9-11-22-12-10-21-17(22)16-19-7-4-8-20-16/h1-8,10,12H,9,11,13H2,(H,18,23). The highest BCUT2D eigenvalue weighted by molar-refractivity contribution is 5.77. The molecule has 0 spiro atoms. The van der Waals surface area contributed by atoms with Gasteiger partial charge in [0.1, 0.15) is 5.75 Å². The lowest BCUT2D eigenvalue weighted by atomic mass is 10.3. The average Bonchev–Trinajstić information content (AvgIpc) is 3.10. The summed E-state index contributed by atoms with van der Waals surface area (Å²) < 4.78 is 7.29. The van der Waals surface area contributed by atoms with Gasteiger partial charge in [0, 0.05) is 37.9 Å². The summed E-state index contributed by atoms with van der Waals surface area (Å²) in [4.78, 5) is 24.4. The van der Waals surface area contributed by atoms with Gasteiger partial charge in [0.2, 0.25) is 0 Å². The molecule has 0 atom stereocenters. The Hall–Kier alpha value is -3.22. The topological polar surface area (TPSA) is 81.9 Å². The van der Waals surface area contributed by atoms with Gasteiger partial charge >= 0.3 is 0 Å². The van der Waals surface area contributed by atoms with Crippen molar-refractivity contribution in [3.63, 3.8) is 0 Å². The molecule has 2 aromatic heterocycles. The van der Waals surface area contributed by atoms with E-state index in [2.05, 4.69) is 20.3 Å². The van der Waals surface area contributed by atoms with Gasteiger partial charge in [-0.1, -0.05) is 18.2 Å². The van der Waals surface area contributed by atoms with Crippen LogP contribution in [0.1, 0.15) is 0 Å². The number of nitrogens with one attached hydrogen (secondary N) is 1. The van der Waals surface area contributed by atoms with Crippen molar-refractivity contribution in [2.24, 2.45) is 0 Å². The number of nitrogens with zero attached hydrogens (tertiary/aromatic N) is 4. The second-order valence-electron chi connectivity index (χ2n) is 4.97. The Balaban J connectivity index is 1.47. The maximum Gasteiger partial charge on any atom is 0.258 e. The predicted octanol–water partition coefficient (Wildman–Crippen LogP) is 1.54. The van der Waals surface area contributed by atoms with Crippen molar-refractivity contribution in [3.05, 3.63) is 61.2 Å². The first-order valence-corrected chi connectivity index (χ1v) is 7.56. The van der Waals surface area contributed by atoms with Crippen LogP contribution in [0.15, 0.2) is 61.2 Å². The number of imidazole rings is 1. The van der Waals surface area contributed by atoms with E-state index in [1.807, 2.05) is 41.1 Å². The quantitative estimate of drug-likeness (QED) is 0.713. The molecule has 1 aromatic carbocycles. The number of aromatic nitrogens is 4. The predicted molar refractivity (Wildman–Crippen MR) is 88.2 cm³/mol. The maximum absolute atomic E-state index is 11.8. The molecule has 7 heteroatoms. The zero-order chi connectivity index (χ0) is 16.6. The van der Waals surface area contributed by atoms with Crippen molar-refractivity contribution in [1.82, 2.24) is 24.8 Å². The van der Waals surface area contributed by atoms with Crippen molar-refractivity contribution in [1.29, 1.82) is 0 Å². The Morgan fingerprint density at radius 3 is 2.62 bits per heavy atom.